The second kappa shape index (κ2) is 8.44. The van der Waals surface area contributed by atoms with E-state index in [9.17, 15) is 9.18 Å². The van der Waals surface area contributed by atoms with Crippen LogP contribution in [-0.2, 0) is 11.3 Å². The van der Waals surface area contributed by atoms with Gasteiger partial charge < -0.3 is 14.6 Å². The Bertz CT molecular complexity index is 926. The van der Waals surface area contributed by atoms with Gasteiger partial charge in [-0.2, -0.15) is 4.98 Å². The molecule has 6 nitrogen and oxygen atoms in total. The maximum atomic E-state index is 13.7. The minimum Gasteiger partial charge on any atom is -0.478 e. The van der Waals surface area contributed by atoms with Crippen LogP contribution in [0, 0.1) is 12.7 Å². The lowest BCUT2D eigenvalue weighted by Crippen LogP contribution is -2.37. The number of aromatic nitrogens is 2. The predicted molar refractivity (Wildman–Crippen MR) is 97.4 cm³/mol. The van der Waals surface area contributed by atoms with Crippen LogP contribution < -0.4 is 10.1 Å². The number of rotatable bonds is 7. The van der Waals surface area contributed by atoms with Crippen molar-refractivity contribution in [2.75, 3.05) is 0 Å². The molecule has 0 aliphatic heterocycles. The number of para-hydroxylation sites is 1. The number of benzene rings is 2. The number of nitrogens with one attached hydrogen (secondary N) is 1. The summed E-state index contributed by atoms with van der Waals surface area (Å²) in [4.78, 5) is 16.6. The minimum atomic E-state index is -0.818. The van der Waals surface area contributed by atoms with Crippen molar-refractivity contribution >= 4 is 5.91 Å². The standard InChI is InChI=1S/C20H20FN3O3/c1-3-16(26-17-10-5-4-9-15(17)21)20(25)22-12-18-23-19(24-27-18)14-8-6-7-13(2)11-14/h4-11,16H,3,12H2,1-2H3,(H,22,25). The molecule has 0 spiro atoms. The first kappa shape index (κ1) is 18.6. The second-order valence-electron chi connectivity index (χ2n) is 6.04. The minimum absolute atomic E-state index is 0.0408. The molecule has 1 heterocycles. The first-order valence-electron chi connectivity index (χ1n) is 8.65. The normalized spacial score (nSPS) is 11.8. The van der Waals surface area contributed by atoms with Gasteiger partial charge in [-0.05, 0) is 31.5 Å². The Morgan fingerprint density at radius 1 is 1.26 bits per heavy atom. The van der Waals surface area contributed by atoms with E-state index in [1.54, 1.807) is 19.1 Å². The van der Waals surface area contributed by atoms with Gasteiger partial charge in [0.2, 0.25) is 11.7 Å². The molecule has 1 atom stereocenters. The van der Waals surface area contributed by atoms with Crippen molar-refractivity contribution in [1.29, 1.82) is 0 Å². The molecule has 140 valence electrons. The van der Waals surface area contributed by atoms with E-state index in [0.717, 1.165) is 11.1 Å². The van der Waals surface area contributed by atoms with Gasteiger partial charge in [0.25, 0.3) is 5.91 Å². The Labute approximate surface area is 156 Å². The van der Waals surface area contributed by atoms with Crippen LogP contribution in [0.5, 0.6) is 5.75 Å². The average Bonchev–Trinajstić information content (AvgIpc) is 3.14. The topological polar surface area (TPSA) is 77.2 Å². The number of hydrogen-bond donors (Lipinski definition) is 1. The number of ether oxygens (including phenoxy) is 1. The molecule has 1 N–H and O–H groups in total. The van der Waals surface area contributed by atoms with Gasteiger partial charge in [-0.3, -0.25) is 4.79 Å². The van der Waals surface area contributed by atoms with Crippen LogP contribution in [0.3, 0.4) is 0 Å². The van der Waals surface area contributed by atoms with Crippen molar-refractivity contribution in [2.45, 2.75) is 32.9 Å². The Balaban J connectivity index is 1.60. The fourth-order valence-electron chi connectivity index (χ4n) is 2.52. The summed E-state index contributed by atoms with van der Waals surface area (Å²) in [5, 5.41) is 6.61. The van der Waals surface area contributed by atoms with Crippen LogP contribution in [0.15, 0.2) is 53.1 Å². The molecular formula is C20H20FN3O3. The highest BCUT2D eigenvalue weighted by molar-refractivity contribution is 5.81. The molecular weight excluding hydrogens is 349 g/mol. The highest BCUT2D eigenvalue weighted by Crippen LogP contribution is 2.19. The van der Waals surface area contributed by atoms with Crippen molar-refractivity contribution in [1.82, 2.24) is 15.5 Å². The Kier molecular flexibility index (Phi) is 5.80. The largest absolute Gasteiger partial charge is 0.478 e. The van der Waals surface area contributed by atoms with E-state index in [-0.39, 0.29) is 24.1 Å². The SMILES string of the molecule is CCC(Oc1ccccc1F)C(=O)NCc1nc(-c2cccc(C)c2)no1. The van der Waals surface area contributed by atoms with Crippen LogP contribution in [0.4, 0.5) is 4.39 Å². The van der Waals surface area contributed by atoms with Crippen molar-refractivity contribution < 1.29 is 18.4 Å². The molecule has 0 radical (unpaired) electrons. The van der Waals surface area contributed by atoms with Crippen molar-refractivity contribution in [3.05, 3.63) is 65.8 Å². The van der Waals surface area contributed by atoms with E-state index >= 15 is 0 Å². The lowest BCUT2D eigenvalue weighted by atomic mass is 10.1. The fourth-order valence-corrected chi connectivity index (χ4v) is 2.52. The summed E-state index contributed by atoms with van der Waals surface area (Å²) in [5.41, 5.74) is 1.92. The number of aryl methyl sites for hydroxylation is 1. The number of halogens is 1. The summed E-state index contributed by atoms with van der Waals surface area (Å²) in [7, 11) is 0. The van der Waals surface area contributed by atoms with E-state index in [1.165, 1.54) is 12.1 Å². The molecule has 0 fully saturated rings. The number of nitrogens with zero attached hydrogens (tertiary/aromatic N) is 2. The summed E-state index contributed by atoms with van der Waals surface area (Å²) in [5.74, 6) is -0.114. The number of amides is 1. The monoisotopic (exact) mass is 369 g/mol. The molecule has 0 saturated carbocycles. The van der Waals surface area contributed by atoms with E-state index in [0.29, 0.717) is 12.2 Å². The van der Waals surface area contributed by atoms with Gasteiger partial charge in [0, 0.05) is 5.56 Å². The second-order valence-corrected chi connectivity index (χ2v) is 6.04. The third kappa shape index (κ3) is 4.69. The zero-order valence-electron chi connectivity index (χ0n) is 15.1. The first-order chi connectivity index (χ1) is 13.1. The number of hydrogen-bond acceptors (Lipinski definition) is 5. The van der Waals surface area contributed by atoms with E-state index in [2.05, 4.69) is 15.5 Å². The van der Waals surface area contributed by atoms with Gasteiger partial charge in [0.05, 0.1) is 6.54 Å². The lowest BCUT2D eigenvalue weighted by molar-refractivity contribution is -0.128. The summed E-state index contributed by atoms with van der Waals surface area (Å²) >= 11 is 0. The molecule has 27 heavy (non-hydrogen) atoms. The summed E-state index contributed by atoms with van der Waals surface area (Å²) in [6, 6.07) is 13.7. The van der Waals surface area contributed by atoms with Crippen molar-refractivity contribution in [2.24, 2.45) is 0 Å². The maximum absolute atomic E-state index is 13.7. The van der Waals surface area contributed by atoms with Gasteiger partial charge in [0.15, 0.2) is 17.7 Å². The smallest absolute Gasteiger partial charge is 0.261 e. The summed E-state index contributed by atoms with van der Waals surface area (Å²) in [6.45, 7) is 3.83. The molecule has 2 aromatic carbocycles. The van der Waals surface area contributed by atoms with Crippen LogP contribution in [0.25, 0.3) is 11.4 Å². The molecule has 0 aliphatic rings. The molecule has 3 aromatic rings. The first-order valence-corrected chi connectivity index (χ1v) is 8.65. The molecule has 3 rings (SSSR count). The molecule has 1 amide bonds. The molecule has 0 bridgehead atoms. The van der Waals surface area contributed by atoms with Gasteiger partial charge in [0.1, 0.15) is 0 Å². The van der Waals surface area contributed by atoms with Crippen LogP contribution in [0.2, 0.25) is 0 Å². The fraction of sp³-hybridized carbons (Fsp3) is 0.250. The van der Waals surface area contributed by atoms with E-state index < -0.39 is 11.9 Å². The maximum Gasteiger partial charge on any atom is 0.261 e. The van der Waals surface area contributed by atoms with E-state index in [1.807, 2.05) is 31.2 Å². The molecule has 7 heteroatoms. The van der Waals surface area contributed by atoms with Crippen LogP contribution in [0.1, 0.15) is 24.8 Å². The molecule has 1 unspecified atom stereocenters. The third-order valence-electron chi connectivity index (χ3n) is 3.93. The number of carbonyl (C=O) groups excluding carboxylic acids is 1. The van der Waals surface area contributed by atoms with Crippen molar-refractivity contribution in [3.8, 4) is 17.1 Å². The Hall–Kier alpha value is -3.22. The summed E-state index contributed by atoms with van der Waals surface area (Å²) < 4.78 is 24.4. The highest BCUT2D eigenvalue weighted by Gasteiger charge is 2.20. The molecule has 0 saturated heterocycles. The zero-order valence-corrected chi connectivity index (χ0v) is 15.1. The number of carbonyl (C=O) groups is 1. The van der Waals surface area contributed by atoms with Crippen LogP contribution in [-0.4, -0.2) is 22.2 Å². The Morgan fingerprint density at radius 3 is 2.81 bits per heavy atom. The molecule has 0 aliphatic carbocycles. The zero-order chi connectivity index (χ0) is 19.2. The van der Waals surface area contributed by atoms with Gasteiger partial charge in [-0.1, -0.05) is 48.0 Å². The van der Waals surface area contributed by atoms with E-state index in [4.69, 9.17) is 9.26 Å². The predicted octanol–water partition coefficient (Wildman–Crippen LogP) is 3.66. The van der Waals surface area contributed by atoms with Crippen LogP contribution >= 0.6 is 0 Å². The van der Waals surface area contributed by atoms with Gasteiger partial charge in [-0.25, -0.2) is 4.39 Å². The Morgan fingerprint density at radius 2 is 2.07 bits per heavy atom. The van der Waals surface area contributed by atoms with Gasteiger partial charge in [-0.15, -0.1) is 0 Å². The third-order valence-corrected chi connectivity index (χ3v) is 3.93. The average molecular weight is 369 g/mol. The summed E-state index contributed by atoms with van der Waals surface area (Å²) in [6.07, 6.45) is -0.431. The highest BCUT2D eigenvalue weighted by atomic mass is 19.1. The lowest BCUT2D eigenvalue weighted by Gasteiger charge is -2.17. The van der Waals surface area contributed by atoms with Crippen molar-refractivity contribution in [3.63, 3.8) is 0 Å². The van der Waals surface area contributed by atoms with Gasteiger partial charge >= 0.3 is 0 Å². The molecule has 1 aromatic heterocycles. The quantitative estimate of drug-likeness (QED) is 0.688.